The number of nitrogens with one attached hydrogen (secondary N) is 2. The summed E-state index contributed by atoms with van der Waals surface area (Å²) in [6.07, 6.45) is 5.13. The van der Waals surface area contributed by atoms with Crippen LogP contribution in [0.5, 0.6) is 0 Å². The van der Waals surface area contributed by atoms with Crippen LogP contribution in [0.25, 0.3) is 0 Å². The summed E-state index contributed by atoms with van der Waals surface area (Å²) in [5.41, 5.74) is 7.54. The Bertz CT molecular complexity index is 284. The number of hydrogen-bond donors (Lipinski definition) is 3. The Morgan fingerprint density at radius 2 is 2.64 bits per heavy atom. The number of hydroxylamine groups is 1. The van der Waals surface area contributed by atoms with E-state index < -0.39 is 18.0 Å². The first-order valence-electron chi connectivity index (χ1n) is 4.06. The van der Waals surface area contributed by atoms with Gasteiger partial charge in [0.1, 0.15) is 12.6 Å². The van der Waals surface area contributed by atoms with Gasteiger partial charge in [0.2, 0.25) is 5.91 Å². The first kappa shape index (κ1) is 10.5. The lowest BCUT2D eigenvalue weighted by Crippen LogP contribution is -2.48. The molecule has 1 rings (SSSR count). The summed E-state index contributed by atoms with van der Waals surface area (Å²) in [5.74, 6) is 1.43. The summed E-state index contributed by atoms with van der Waals surface area (Å²) in [6, 6.07) is -1.46. The number of terminal acetylenes is 1. The zero-order valence-corrected chi connectivity index (χ0v) is 7.45. The Hall–Kier alpha value is -1.58. The fraction of sp³-hybridized carbons (Fsp3) is 0.500. The smallest absolute Gasteiger partial charge is 0.268 e. The Morgan fingerprint density at radius 1 is 1.93 bits per heavy atom. The van der Waals surface area contributed by atoms with Crippen molar-refractivity contribution in [2.24, 2.45) is 5.73 Å². The van der Waals surface area contributed by atoms with E-state index in [1.54, 1.807) is 0 Å². The second kappa shape index (κ2) is 4.60. The molecule has 2 atom stereocenters. The van der Waals surface area contributed by atoms with E-state index in [-0.39, 0.29) is 18.9 Å². The molecule has 4 N–H and O–H groups in total. The van der Waals surface area contributed by atoms with Crippen LogP contribution in [0.1, 0.15) is 6.42 Å². The van der Waals surface area contributed by atoms with Crippen molar-refractivity contribution >= 4 is 11.8 Å². The second-order valence-electron chi connectivity index (χ2n) is 2.85. The van der Waals surface area contributed by atoms with Crippen LogP contribution in [-0.2, 0) is 14.4 Å². The topological polar surface area (TPSA) is 93.5 Å². The third kappa shape index (κ3) is 2.45. The van der Waals surface area contributed by atoms with Crippen LogP contribution in [0.2, 0.25) is 0 Å². The summed E-state index contributed by atoms with van der Waals surface area (Å²) >= 11 is 0. The van der Waals surface area contributed by atoms with Crippen LogP contribution in [0.15, 0.2) is 0 Å². The highest BCUT2D eigenvalue weighted by molar-refractivity contribution is 5.90. The molecule has 6 heteroatoms. The average molecular weight is 197 g/mol. The Balaban J connectivity index is 2.40. The van der Waals surface area contributed by atoms with Gasteiger partial charge in [0.05, 0.1) is 6.04 Å². The molecule has 14 heavy (non-hydrogen) atoms. The van der Waals surface area contributed by atoms with E-state index >= 15 is 0 Å². The fourth-order valence-corrected chi connectivity index (χ4v) is 0.949. The predicted octanol–water partition coefficient (Wildman–Crippen LogP) is -2.12. The molecule has 1 heterocycles. The zero-order valence-electron chi connectivity index (χ0n) is 7.45. The van der Waals surface area contributed by atoms with Crippen molar-refractivity contribution in [1.82, 2.24) is 10.8 Å². The van der Waals surface area contributed by atoms with Gasteiger partial charge in [0.15, 0.2) is 0 Å². The molecule has 6 nitrogen and oxygen atoms in total. The molecular formula is C8H11N3O3. The number of hydrogen-bond acceptors (Lipinski definition) is 4. The van der Waals surface area contributed by atoms with Crippen molar-refractivity contribution in [3.8, 4) is 12.3 Å². The van der Waals surface area contributed by atoms with E-state index in [9.17, 15) is 9.59 Å². The van der Waals surface area contributed by atoms with Crippen molar-refractivity contribution in [2.45, 2.75) is 18.5 Å². The van der Waals surface area contributed by atoms with Crippen molar-refractivity contribution in [2.75, 3.05) is 6.61 Å². The molecule has 0 spiro atoms. The number of nitrogens with two attached hydrogens (primary N) is 1. The quantitative estimate of drug-likeness (QED) is 0.451. The Labute approximate surface area is 81.1 Å². The highest BCUT2D eigenvalue weighted by Gasteiger charge is 2.28. The van der Waals surface area contributed by atoms with Gasteiger partial charge in [-0.2, -0.15) is 0 Å². The first-order chi connectivity index (χ1) is 6.65. The summed E-state index contributed by atoms with van der Waals surface area (Å²) in [4.78, 5) is 26.8. The molecule has 1 aliphatic heterocycles. The molecule has 1 fully saturated rings. The zero-order chi connectivity index (χ0) is 10.6. The monoisotopic (exact) mass is 197 g/mol. The maximum absolute atomic E-state index is 11.3. The van der Waals surface area contributed by atoms with Crippen molar-refractivity contribution in [3.63, 3.8) is 0 Å². The molecule has 0 aromatic carbocycles. The van der Waals surface area contributed by atoms with Crippen molar-refractivity contribution in [3.05, 3.63) is 0 Å². The molecule has 0 aliphatic carbocycles. The molecule has 0 bridgehead atoms. The van der Waals surface area contributed by atoms with E-state index in [2.05, 4.69) is 21.6 Å². The van der Waals surface area contributed by atoms with E-state index in [1.165, 1.54) is 0 Å². The van der Waals surface area contributed by atoms with Gasteiger partial charge in [0.25, 0.3) is 5.91 Å². The molecule has 1 saturated heterocycles. The fourth-order valence-electron chi connectivity index (χ4n) is 0.949. The molecule has 0 aromatic heterocycles. The minimum Gasteiger partial charge on any atom is -0.341 e. The SMILES string of the molecule is C#CCC(N)C(=O)N[C@@H]1CONC1=O. The Kier molecular flexibility index (Phi) is 3.45. The highest BCUT2D eigenvalue weighted by Crippen LogP contribution is 1.95. The third-order valence-corrected chi connectivity index (χ3v) is 1.73. The first-order valence-corrected chi connectivity index (χ1v) is 4.06. The van der Waals surface area contributed by atoms with Gasteiger partial charge >= 0.3 is 0 Å². The second-order valence-corrected chi connectivity index (χ2v) is 2.85. The van der Waals surface area contributed by atoms with Crippen LogP contribution in [0.4, 0.5) is 0 Å². The summed E-state index contributed by atoms with van der Waals surface area (Å²) < 4.78 is 0. The molecule has 0 aromatic rings. The van der Waals surface area contributed by atoms with Gasteiger partial charge in [-0.25, -0.2) is 5.48 Å². The normalized spacial score (nSPS) is 22.3. The number of rotatable bonds is 3. The molecule has 1 aliphatic rings. The summed E-state index contributed by atoms with van der Waals surface area (Å²) in [7, 11) is 0. The van der Waals surface area contributed by atoms with Gasteiger partial charge in [-0.05, 0) is 0 Å². The minimum atomic E-state index is -0.784. The summed E-state index contributed by atoms with van der Waals surface area (Å²) in [5, 5.41) is 2.42. The van der Waals surface area contributed by atoms with Crippen molar-refractivity contribution < 1.29 is 14.4 Å². The summed E-state index contributed by atoms with van der Waals surface area (Å²) in [6.45, 7) is 0.105. The maximum atomic E-state index is 11.3. The van der Waals surface area contributed by atoms with Gasteiger partial charge in [-0.3, -0.25) is 14.4 Å². The van der Waals surface area contributed by atoms with Crippen LogP contribution in [-0.4, -0.2) is 30.5 Å². The average Bonchev–Trinajstić information content (AvgIpc) is 2.52. The molecule has 0 saturated carbocycles. The molecule has 76 valence electrons. The number of carbonyl (C=O) groups excluding carboxylic acids is 2. The van der Waals surface area contributed by atoms with E-state index in [0.29, 0.717) is 0 Å². The molecule has 2 amide bonds. The largest absolute Gasteiger partial charge is 0.341 e. The van der Waals surface area contributed by atoms with E-state index in [0.717, 1.165) is 0 Å². The van der Waals surface area contributed by atoms with Crippen LogP contribution in [0, 0.1) is 12.3 Å². The highest BCUT2D eigenvalue weighted by atomic mass is 16.7. The molecule has 0 radical (unpaired) electrons. The van der Waals surface area contributed by atoms with Gasteiger partial charge in [0, 0.05) is 6.42 Å². The van der Waals surface area contributed by atoms with E-state index in [4.69, 9.17) is 12.2 Å². The predicted molar refractivity (Wildman–Crippen MR) is 47.5 cm³/mol. The third-order valence-electron chi connectivity index (χ3n) is 1.73. The van der Waals surface area contributed by atoms with Crippen LogP contribution < -0.4 is 16.5 Å². The van der Waals surface area contributed by atoms with Crippen molar-refractivity contribution in [1.29, 1.82) is 0 Å². The van der Waals surface area contributed by atoms with Crippen LogP contribution >= 0.6 is 0 Å². The maximum Gasteiger partial charge on any atom is 0.268 e. The molecule has 1 unspecified atom stereocenters. The lowest BCUT2D eigenvalue weighted by molar-refractivity contribution is -0.129. The minimum absolute atomic E-state index is 0.105. The Morgan fingerprint density at radius 3 is 3.14 bits per heavy atom. The number of carbonyl (C=O) groups is 2. The van der Waals surface area contributed by atoms with Gasteiger partial charge < -0.3 is 11.1 Å². The van der Waals surface area contributed by atoms with Gasteiger partial charge in [-0.1, -0.05) is 0 Å². The lowest BCUT2D eigenvalue weighted by atomic mass is 10.2. The lowest BCUT2D eigenvalue weighted by Gasteiger charge is -2.11. The van der Waals surface area contributed by atoms with E-state index in [1.807, 2.05) is 0 Å². The standard InChI is InChI=1S/C8H11N3O3/c1-2-3-5(9)7(12)10-6-4-14-11-8(6)13/h1,5-6H,3-4,9H2,(H,10,12)(H,11,13)/t5?,6-/m1/s1. The van der Waals surface area contributed by atoms with Gasteiger partial charge in [-0.15, -0.1) is 12.3 Å². The van der Waals surface area contributed by atoms with Crippen LogP contribution in [0.3, 0.4) is 0 Å². The molecular weight excluding hydrogens is 186 g/mol. The number of amides is 2.